The zero-order valence-corrected chi connectivity index (χ0v) is 13.5. The number of aliphatic hydroxyl groups is 1. The van der Waals surface area contributed by atoms with Gasteiger partial charge in [0.1, 0.15) is 11.9 Å². The molecule has 6 heteroatoms. The van der Waals surface area contributed by atoms with Crippen LogP contribution in [0.1, 0.15) is 36.8 Å². The number of carbonyl (C=O) groups is 1. The van der Waals surface area contributed by atoms with Gasteiger partial charge in [-0.15, -0.1) is 0 Å². The number of carbonyl (C=O) groups excluding carboxylic acids is 1. The first-order chi connectivity index (χ1) is 11.6. The molecule has 0 aromatic heterocycles. The Morgan fingerprint density at radius 2 is 2.08 bits per heavy atom. The van der Waals surface area contributed by atoms with Crippen LogP contribution in [0.4, 0.5) is 4.39 Å². The summed E-state index contributed by atoms with van der Waals surface area (Å²) >= 11 is 0. The third kappa shape index (κ3) is 4.11. The molecule has 3 rings (SSSR count). The minimum absolute atomic E-state index is 0.0363. The summed E-state index contributed by atoms with van der Waals surface area (Å²) in [5.74, 6) is -0.653. The van der Waals surface area contributed by atoms with Crippen LogP contribution >= 0.6 is 0 Å². The van der Waals surface area contributed by atoms with Crippen molar-refractivity contribution in [1.29, 1.82) is 5.26 Å². The Morgan fingerprint density at radius 3 is 2.67 bits per heavy atom. The van der Waals surface area contributed by atoms with Gasteiger partial charge in [0.2, 0.25) is 5.91 Å². The fourth-order valence-corrected chi connectivity index (χ4v) is 3.14. The van der Waals surface area contributed by atoms with Crippen molar-refractivity contribution in [2.24, 2.45) is 5.92 Å². The molecule has 24 heavy (non-hydrogen) atoms. The highest BCUT2D eigenvalue weighted by Gasteiger charge is 2.33. The van der Waals surface area contributed by atoms with Crippen molar-refractivity contribution >= 4 is 5.91 Å². The lowest BCUT2D eigenvalue weighted by Gasteiger charge is -2.33. The van der Waals surface area contributed by atoms with Gasteiger partial charge in [-0.1, -0.05) is 6.07 Å². The summed E-state index contributed by atoms with van der Waals surface area (Å²) in [7, 11) is 0. The summed E-state index contributed by atoms with van der Waals surface area (Å²) in [4.78, 5) is 14.0. The predicted molar refractivity (Wildman–Crippen MR) is 86.3 cm³/mol. The van der Waals surface area contributed by atoms with Crippen LogP contribution in [-0.4, -0.2) is 41.1 Å². The van der Waals surface area contributed by atoms with E-state index in [1.807, 2.05) is 6.07 Å². The van der Waals surface area contributed by atoms with E-state index in [-0.39, 0.29) is 23.7 Å². The maximum atomic E-state index is 14.0. The second kappa shape index (κ2) is 7.29. The second-order valence-electron chi connectivity index (χ2n) is 6.76. The predicted octanol–water partition coefficient (Wildman–Crippen LogP) is 1.55. The van der Waals surface area contributed by atoms with Crippen LogP contribution in [0.3, 0.4) is 0 Å². The Kier molecular flexibility index (Phi) is 5.12. The van der Waals surface area contributed by atoms with Gasteiger partial charge < -0.3 is 10.4 Å². The summed E-state index contributed by atoms with van der Waals surface area (Å²) in [5.41, 5.74) is 0.888. The lowest BCUT2D eigenvalue weighted by atomic mass is 9.90. The maximum absolute atomic E-state index is 14.0. The molecule has 0 radical (unpaired) electrons. The molecule has 1 saturated carbocycles. The van der Waals surface area contributed by atoms with Gasteiger partial charge in [0.05, 0.1) is 11.6 Å². The molecule has 1 aromatic carbocycles. The van der Waals surface area contributed by atoms with Gasteiger partial charge in [-0.05, 0) is 56.8 Å². The average molecular weight is 331 g/mol. The van der Waals surface area contributed by atoms with E-state index >= 15 is 0 Å². The van der Waals surface area contributed by atoms with Crippen molar-refractivity contribution < 1.29 is 14.3 Å². The van der Waals surface area contributed by atoms with E-state index in [0.717, 1.165) is 38.8 Å². The van der Waals surface area contributed by atoms with E-state index in [4.69, 9.17) is 5.26 Å². The highest BCUT2D eigenvalue weighted by Crippen LogP contribution is 2.24. The number of amides is 1. The first-order valence-electron chi connectivity index (χ1n) is 8.46. The second-order valence-corrected chi connectivity index (χ2v) is 6.76. The molecule has 0 bridgehead atoms. The number of halogens is 1. The maximum Gasteiger partial charge on any atom is 0.249 e. The quantitative estimate of drug-likeness (QED) is 0.858. The largest absolute Gasteiger partial charge is 0.383 e. The first-order valence-corrected chi connectivity index (χ1v) is 8.46. The molecule has 1 saturated heterocycles. The molecular formula is C18H22FN3O2. The minimum Gasteiger partial charge on any atom is -0.383 e. The van der Waals surface area contributed by atoms with Gasteiger partial charge >= 0.3 is 0 Å². The van der Waals surface area contributed by atoms with Crippen molar-refractivity contribution in [2.75, 3.05) is 13.1 Å². The molecule has 2 aliphatic rings. The highest BCUT2D eigenvalue weighted by atomic mass is 19.1. The van der Waals surface area contributed by atoms with E-state index in [9.17, 15) is 14.3 Å². The average Bonchev–Trinajstić information content (AvgIpc) is 3.40. The number of hydrogen-bond donors (Lipinski definition) is 2. The molecule has 1 atom stereocenters. The lowest BCUT2D eigenvalue weighted by Crippen LogP contribution is -2.45. The standard InChI is InChI=1S/C18H22FN3O2/c19-16-9-12(10-20)1-2-14(16)11-22-7-5-13(6-8-22)17(23)18(24)21-15-3-4-15/h1-2,9,13,15,17,23H,3-8,11H2,(H,21,24)/t17-/m0/s1. The Balaban J connectivity index is 1.49. The highest BCUT2D eigenvalue weighted by molar-refractivity contribution is 5.81. The van der Waals surface area contributed by atoms with Gasteiger partial charge in [0.25, 0.3) is 0 Å². The van der Waals surface area contributed by atoms with Crippen molar-refractivity contribution in [2.45, 2.75) is 44.4 Å². The van der Waals surface area contributed by atoms with Crippen LogP contribution in [0.2, 0.25) is 0 Å². The molecule has 1 aromatic rings. The molecule has 1 aliphatic heterocycles. The number of likely N-dealkylation sites (tertiary alicyclic amines) is 1. The molecular weight excluding hydrogens is 309 g/mol. The SMILES string of the molecule is N#Cc1ccc(CN2CCC([C@H](O)C(=O)NC3CC3)CC2)c(F)c1. The molecule has 0 spiro atoms. The third-order valence-electron chi connectivity index (χ3n) is 4.85. The molecule has 0 unspecified atom stereocenters. The van der Waals surface area contributed by atoms with Crippen molar-refractivity contribution in [3.8, 4) is 6.07 Å². The molecule has 128 valence electrons. The monoisotopic (exact) mass is 331 g/mol. The summed E-state index contributed by atoms with van der Waals surface area (Å²) in [5, 5.41) is 21.8. The van der Waals surface area contributed by atoms with E-state index in [2.05, 4.69) is 10.2 Å². The number of aliphatic hydroxyl groups excluding tert-OH is 1. The number of rotatable bonds is 5. The Labute approximate surface area is 141 Å². The van der Waals surface area contributed by atoms with Crippen LogP contribution in [0, 0.1) is 23.1 Å². The zero-order valence-electron chi connectivity index (χ0n) is 13.5. The van der Waals surface area contributed by atoms with E-state index in [0.29, 0.717) is 17.7 Å². The Morgan fingerprint density at radius 1 is 1.38 bits per heavy atom. The van der Waals surface area contributed by atoms with Crippen molar-refractivity contribution in [1.82, 2.24) is 10.2 Å². The minimum atomic E-state index is -0.945. The van der Waals surface area contributed by atoms with Gasteiger partial charge in [-0.2, -0.15) is 5.26 Å². The fourth-order valence-electron chi connectivity index (χ4n) is 3.14. The number of hydrogen-bond acceptors (Lipinski definition) is 4. The number of nitriles is 1. The van der Waals surface area contributed by atoms with Gasteiger partial charge in [-0.25, -0.2) is 4.39 Å². The van der Waals surface area contributed by atoms with Crippen LogP contribution in [0.15, 0.2) is 18.2 Å². The molecule has 1 amide bonds. The van der Waals surface area contributed by atoms with E-state index in [1.165, 1.54) is 6.07 Å². The van der Waals surface area contributed by atoms with Gasteiger partial charge in [0, 0.05) is 18.2 Å². The zero-order chi connectivity index (χ0) is 17.1. The first kappa shape index (κ1) is 16.9. The van der Waals surface area contributed by atoms with Crippen LogP contribution in [0.5, 0.6) is 0 Å². The molecule has 5 nitrogen and oxygen atoms in total. The summed E-state index contributed by atoms with van der Waals surface area (Å²) in [6.45, 7) is 1.92. The molecule has 1 aliphatic carbocycles. The number of nitrogens with one attached hydrogen (secondary N) is 1. The number of nitrogens with zero attached hydrogens (tertiary/aromatic N) is 2. The van der Waals surface area contributed by atoms with Gasteiger partial charge in [0.15, 0.2) is 0 Å². The summed E-state index contributed by atoms with van der Waals surface area (Å²) in [6, 6.07) is 6.71. The Hall–Kier alpha value is -1.97. The van der Waals surface area contributed by atoms with Crippen LogP contribution in [0.25, 0.3) is 0 Å². The van der Waals surface area contributed by atoms with Crippen LogP contribution in [-0.2, 0) is 11.3 Å². The summed E-state index contributed by atoms with van der Waals surface area (Å²) < 4.78 is 14.0. The fraction of sp³-hybridized carbons (Fsp3) is 0.556. The van der Waals surface area contributed by atoms with E-state index in [1.54, 1.807) is 12.1 Å². The number of piperidine rings is 1. The smallest absolute Gasteiger partial charge is 0.249 e. The van der Waals surface area contributed by atoms with E-state index < -0.39 is 6.10 Å². The molecule has 1 heterocycles. The number of benzene rings is 1. The van der Waals surface area contributed by atoms with Crippen molar-refractivity contribution in [3.63, 3.8) is 0 Å². The lowest BCUT2D eigenvalue weighted by molar-refractivity contribution is -0.133. The van der Waals surface area contributed by atoms with Gasteiger partial charge in [-0.3, -0.25) is 9.69 Å². The topological polar surface area (TPSA) is 76.4 Å². The normalized spacial score (nSPS) is 20.4. The molecule has 2 N–H and O–H groups in total. The third-order valence-corrected chi connectivity index (χ3v) is 4.85. The van der Waals surface area contributed by atoms with Crippen molar-refractivity contribution in [3.05, 3.63) is 35.1 Å². The summed E-state index contributed by atoms with van der Waals surface area (Å²) in [6.07, 6.45) is 2.51. The van der Waals surface area contributed by atoms with Crippen LogP contribution < -0.4 is 5.32 Å². The Bertz CT molecular complexity index is 646. The molecule has 2 fully saturated rings.